The van der Waals surface area contributed by atoms with Crippen LogP contribution in [0.15, 0.2) is 72.1 Å². The van der Waals surface area contributed by atoms with E-state index in [9.17, 15) is 9.59 Å². The molecule has 4 rings (SSSR count). The van der Waals surface area contributed by atoms with E-state index in [2.05, 4.69) is 26.2 Å². The molecule has 0 fully saturated rings. The molecule has 0 aliphatic rings. The largest absolute Gasteiger partial charge is 0.326 e. The first-order valence-corrected chi connectivity index (χ1v) is 11.5. The molecule has 2 aromatic carbocycles. The van der Waals surface area contributed by atoms with Crippen LogP contribution in [0.2, 0.25) is 0 Å². The summed E-state index contributed by atoms with van der Waals surface area (Å²) >= 11 is 1.50. The lowest BCUT2D eigenvalue weighted by molar-refractivity contribution is -0.123. The van der Waals surface area contributed by atoms with Gasteiger partial charge in [0.1, 0.15) is 5.70 Å². The number of amides is 2. The number of benzene rings is 2. The van der Waals surface area contributed by atoms with Gasteiger partial charge in [0.25, 0.3) is 5.91 Å². The summed E-state index contributed by atoms with van der Waals surface area (Å²) in [5, 5.41) is 19.7. The van der Waals surface area contributed by atoms with Gasteiger partial charge in [-0.2, -0.15) is 4.68 Å². The number of aromatic nitrogens is 4. The van der Waals surface area contributed by atoms with Crippen molar-refractivity contribution in [3.63, 3.8) is 0 Å². The molecule has 4 aromatic rings. The SMILES string of the molecule is CC(C)(C)C(=O)Nc1cccc(NC(=O)/C(=C/c2cccs2)n2nnnc2-c2ccccc2)c1. The van der Waals surface area contributed by atoms with Crippen LogP contribution in [0, 0.1) is 5.41 Å². The van der Waals surface area contributed by atoms with Crippen molar-refractivity contribution in [1.82, 2.24) is 20.2 Å². The van der Waals surface area contributed by atoms with E-state index in [0.717, 1.165) is 10.4 Å². The molecule has 9 heteroatoms. The van der Waals surface area contributed by atoms with Gasteiger partial charge < -0.3 is 10.6 Å². The molecule has 0 radical (unpaired) electrons. The van der Waals surface area contributed by atoms with Crippen LogP contribution >= 0.6 is 11.3 Å². The van der Waals surface area contributed by atoms with Crippen LogP contribution in [-0.4, -0.2) is 32.0 Å². The Kier molecular flexibility index (Phi) is 6.65. The van der Waals surface area contributed by atoms with Crippen molar-refractivity contribution in [2.24, 2.45) is 5.41 Å². The fraction of sp³-hybridized carbons (Fsp3) is 0.160. The van der Waals surface area contributed by atoms with Gasteiger partial charge in [0.2, 0.25) is 5.91 Å². The highest BCUT2D eigenvalue weighted by Crippen LogP contribution is 2.24. The summed E-state index contributed by atoms with van der Waals surface area (Å²) in [4.78, 5) is 26.7. The summed E-state index contributed by atoms with van der Waals surface area (Å²) in [6.45, 7) is 5.52. The lowest BCUT2D eigenvalue weighted by Crippen LogP contribution is -2.27. The number of carbonyl (C=O) groups is 2. The molecule has 0 aliphatic heterocycles. The number of hydrogen-bond acceptors (Lipinski definition) is 6. The predicted octanol–water partition coefficient (Wildman–Crippen LogP) is 5.02. The van der Waals surface area contributed by atoms with Crippen LogP contribution in [0.4, 0.5) is 11.4 Å². The second-order valence-electron chi connectivity index (χ2n) is 8.56. The molecular formula is C25H24N6O2S. The van der Waals surface area contributed by atoms with E-state index in [1.54, 1.807) is 30.3 Å². The van der Waals surface area contributed by atoms with Gasteiger partial charge in [-0.3, -0.25) is 9.59 Å². The average molecular weight is 473 g/mol. The number of nitrogens with zero attached hydrogens (tertiary/aromatic N) is 4. The molecule has 0 saturated carbocycles. The molecule has 0 aliphatic carbocycles. The Morgan fingerprint density at radius 2 is 1.68 bits per heavy atom. The molecule has 2 N–H and O–H groups in total. The Hall–Kier alpha value is -4.11. The number of hydrogen-bond donors (Lipinski definition) is 2. The Morgan fingerprint density at radius 3 is 2.35 bits per heavy atom. The number of thiophene rings is 1. The summed E-state index contributed by atoms with van der Waals surface area (Å²) in [6.07, 6.45) is 1.74. The van der Waals surface area contributed by atoms with Crippen molar-refractivity contribution in [2.45, 2.75) is 20.8 Å². The van der Waals surface area contributed by atoms with Crippen molar-refractivity contribution in [3.05, 3.63) is 77.0 Å². The zero-order valence-corrected chi connectivity index (χ0v) is 19.8. The van der Waals surface area contributed by atoms with Crippen LogP contribution in [0.1, 0.15) is 25.6 Å². The van der Waals surface area contributed by atoms with Gasteiger partial charge in [-0.1, -0.05) is 63.2 Å². The summed E-state index contributed by atoms with van der Waals surface area (Å²) < 4.78 is 1.43. The molecule has 0 unspecified atom stereocenters. The highest BCUT2D eigenvalue weighted by molar-refractivity contribution is 7.10. The number of rotatable bonds is 6. The number of nitrogens with one attached hydrogen (secondary N) is 2. The van der Waals surface area contributed by atoms with Gasteiger partial charge >= 0.3 is 0 Å². The smallest absolute Gasteiger partial charge is 0.274 e. The highest BCUT2D eigenvalue weighted by atomic mass is 32.1. The molecule has 0 bridgehead atoms. The fourth-order valence-corrected chi connectivity index (χ4v) is 3.69. The maximum absolute atomic E-state index is 13.4. The lowest BCUT2D eigenvalue weighted by atomic mass is 9.95. The number of tetrazole rings is 1. The van der Waals surface area contributed by atoms with Crippen LogP contribution in [0.25, 0.3) is 23.2 Å². The summed E-state index contributed by atoms with van der Waals surface area (Å²) in [5.74, 6) is -0.0580. The number of carbonyl (C=O) groups excluding carboxylic acids is 2. The van der Waals surface area contributed by atoms with Gasteiger partial charge in [-0.25, -0.2) is 0 Å². The fourth-order valence-electron chi connectivity index (χ4n) is 3.04. The zero-order valence-electron chi connectivity index (χ0n) is 19.0. The zero-order chi connectivity index (χ0) is 24.1. The van der Waals surface area contributed by atoms with Crippen molar-refractivity contribution in [1.29, 1.82) is 0 Å². The predicted molar refractivity (Wildman–Crippen MR) is 135 cm³/mol. The summed E-state index contributed by atoms with van der Waals surface area (Å²) in [7, 11) is 0. The van der Waals surface area contributed by atoms with E-state index in [1.807, 2.05) is 68.6 Å². The normalized spacial score (nSPS) is 11.8. The van der Waals surface area contributed by atoms with E-state index in [0.29, 0.717) is 17.2 Å². The molecule has 172 valence electrons. The molecule has 0 atom stereocenters. The second kappa shape index (κ2) is 9.80. The molecule has 2 amide bonds. The lowest BCUT2D eigenvalue weighted by Gasteiger charge is -2.18. The third-order valence-corrected chi connectivity index (χ3v) is 5.66. The molecule has 0 spiro atoms. The maximum Gasteiger partial charge on any atom is 0.274 e. The molecule has 0 saturated heterocycles. The van der Waals surface area contributed by atoms with Gasteiger partial charge in [0.05, 0.1) is 0 Å². The van der Waals surface area contributed by atoms with Crippen molar-refractivity contribution in [3.8, 4) is 11.4 Å². The molecule has 34 heavy (non-hydrogen) atoms. The van der Waals surface area contributed by atoms with Crippen molar-refractivity contribution >= 4 is 46.3 Å². The van der Waals surface area contributed by atoms with E-state index >= 15 is 0 Å². The summed E-state index contributed by atoms with van der Waals surface area (Å²) in [6, 6.07) is 20.3. The van der Waals surface area contributed by atoms with Crippen LogP contribution in [-0.2, 0) is 9.59 Å². The van der Waals surface area contributed by atoms with Crippen molar-refractivity contribution < 1.29 is 9.59 Å². The van der Waals surface area contributed by atoms with Gasteiger partial charge in [0.15, 0.2) is 5.82 Å². The second-order valence-corrected chi connectivity index (χ2v) is 9.54. The topological polar surface area (TPSA) is 102 Å². The minimum atomic E-state index is -0.538. The number of anilines is 2. The monoisotopic (exact) mass is 472 g/mol. The first-order chi connectivity index (χ1) is 16.3. The highest BCUT2D eigenvalue weighted by Gasteiger charge is 2.22. The standard InChI is InChI=1S/C25H24N6O2S/c1-25(2,3)24(33)27-19-12-7-11-18(15-19)26-23(32)21(16-20-13-8-14-34-20)31-22(28-29-30-31)17-9-5-4-6-10-17/h4-16H,1-3H3,(H,26,32)(H,27,33)/b21-16-. The van der Waals surface area contributed by atoms with E-state index in [4.69, 9.17) is 0 Å². The van der Waals surface area contributed by atoms with Crippen molar-refractivity contribution in [2.75, 3.05) is 10.6 Å². The Bertz CT molecular complexity index is 1320. The molecular weight excluding hydrogens is 448 g/mol. The average Bonchev–Trinajstić information content (AvgIpc) is 3.50. The summed E-state index contributed by atoms with van der Waals surface area (Å²) in [5.41, 5.74) is 1.63. The quantitative estimate of drug-likeness (QED) is 0.384. The molecule has 2 heterocycles. The van der Waals surface area contributed by atoms with E-state index in [1.165, 1.54) is 16.0 Å². The third-order valence-electron chi connectivity index (χ3n) is 4.84. The maximum atomic E-state index is 13.4. The van der Waals surface area contributed by atoms with Gasteiger partial charge in [-0.05, 0) is 46.1 Å². The molecule has 8 nitrogen and oxygen atoms in total. The molecule has 2 aromatic heterocycles. The van der Waals surface area contributed by atoms with Gasteiger partial charge in [-0.15, -0.1) is 16.4 Å². The first-order valence-electron chi connectivity index (χ1n) is 10.6. The minimum absolute atomic E-state index is 0.115. The third kappa shape index (κ3) is 5.44. The van der Waals surface area contributed by atoms with E-state index < -0.39 is 11.3 Å². The van der Waals surface area contributed by atoms with Crippen LogP contribution in [0.5, 0.6) is 0 Å². The first kappa shape index (κ1) is 23.1. The van der Waals surface area contributed by atoms with Gasteiger partial charge in [0, 0.05) is 27.2 Å². The van der Waals surface area contributed by atoms with Crippen LogP contribution in [0.3, 0.4) is 0 Å². The Labute approximate surface area is 201 Å². The van der Waals surface area contributed by atoms with Crippen LogP contribution < -0.4 is 10.6 Å². The Balaban J connectivity index is 1.65. The minimum Gasteiger partial charge on any atom is -0.326 e. The van der Waals surface area contributed by atoms with E-state index in [-0.39, 0.29) is 11.6 Å². The Morgan fingerprint density at radius 1 is 0.941 bits per heavy atom.